The quantitative estimate of drug-likeness (QED) is 0.0758. The molecule has 0 bridgehead atoms. The molecule has 66 heavy (non-hydrogen) atoms. The van der Waals surface area contributed by atoms with Crippen molar-refractivity contribution in [3.05, 3.63) is 40.6 Å². The lowest BCUT2D eigenvalue weighted by atomic mass is 9.97. The fourth-order valence-electron chi connectivity index (χ4n) is 7.82. The first-order chi connectivity index (χ1) is 31.3. The van der Waals surface area contributed by atoms with Gasteiger partial charge in [0, 0.05) is 17.7 Å². The number of aliphatic hydroxyl groups excluding tert-OH is 13. The summed E-state index contributed by atoms with van der Waals surface area (Å²) in [5, 5.41) is 157. The van der Waals surface area contributed by atoms with Crippen LogP contribution < -0.4 is 19.6 Å². The van der Waals surface area contributed by atoms with Crippen molar-refractivity contribution in [1.82, 2.24) is 0 Å². The molecule has 26 nitrogen and oxygen atoms in total. The number of fused-ring (bicyclic) bond motifs is 1. The Balaban J connectivity index is 1.29. The summed E-state index contributed by atoms with van der Waals surface area (Å²) in [5.41, 5.74) is -1.67. The van der Waals surface area contributed by atoms with E-state index in [1.54, 1.807) is 0 Å². The molecule has 26 heteroatoms. The van der Waals surface area contributed by atoms with Crippen molar-refractivity contribution < 1.29 is 124 Å². The van der Waals surface area contributed by atoms with Crippen molar-refractivity contribution >= 4 is 11.0 Å². The Bertz CT molecular complexity index is 2190. The van der Waals surface area contributed by atoms with Crippen molar-refractivity contribution in [2.75, 3.05) is 26.9 Å². The van der Waals surface area contributed by atoms with Gasteiger partial charge >= 0.3 is 0 Å². The van der Waals surface area contributed by atoms with Gasteiger partial charge in [0.05, 0.1) is 33.0 Å². The number of hydrogen-bond donors (Lipinski definition) is 15. The highest BCUT2D eigenvalue weighted by Gasteiger charge is 2.53. The van der Waals surface area contributed by atoms with E-state index in [9.17, 15) is 81.4 Å². The average molecular weight is 949 g/mol. The lowest BCUT2D eigenvalue weighted by Gasteiger charge is -2.46. The van der Waals surface area contributed by atoms with Crippen LogP contribution in [0.4, 0.5) is 0 Å². The SMILES string of the molecule is COc1cc(-c2oc3cc(O[C@@H]4O[C@H](CO)[C@@H](O)[C@H](O)[C@H]4O)cc(O)c3c(=O)c2O[C@@H]2O[C@H](CO[C@@H]3O[C@H](CO)[C@@H](O)[C@H](O)[C@H]3O)[C@@H](O)[C@H](O)[C@H]2O[C@@H]2O[C@@H](C)[C@H](O)[C@@H](O)[C@H]2O)ccc1O. The second kappa shape index (κ2) is 20.2. The number of hydrogen-bond acceptors (Lipinski definition) is 26. The summed E-state index contributed by atoms with van der Waals surface area (Å²) < 4.78 is 56.9. The summed E-state index contributed by atoms with van der Waals surface area (Å²) in [7, 11) is 1.21. The van der Waals surface area contributed by atoms with Crippen LogP contribution >= 0.6 is 0 Å². The van der Waals surface area contributed by atoms with E-state index in [1.165, 1.54) is 26.2 Å². The first-order valence-corrected chi connectivity index (χ1v) is 20.4. The Labute approximate surface area is 371 Å². The molecule has 1 aromatic heterocycles. The Morgan fingerprint density at radius 3 is 1.80 bits per heavy atom. The lowest BCUT2D eigenvalue weighted by molar-refractivity contribution is -0.360. The lowest BCUT2D eigenvalue weighted by Crippen LogP contribution is -2.65. The molecule has 4 aliphatic rings. The number of methoxy groups -OCH3 is 1. The number of phenolic OH excluding ortho intramolecular Hbond substituents is 2. The minimum atomic E-state index is -2.14. The van der Waals surface area contributed by atoms with Gasteiger partial charge in [0.25, 0.3) is 0 Å². The van der Waals surface area contributed by atoms with E-state index in [0.717, 1.165) is 18.2 Å². The summed E-state index contributed by atoms with van der Waals surface area (Å²) >= 11 is 0. The predicted octanol–water partition coefficient (Wildman–Crippen LogP) is -6.09. The predicted molar refractivity (Wildman–Crippen MR) is 210 cm³/mol. The van der Waals surface area contributed by atoms with Crippen LogP contribution in [0, 0.1) is 0 Å². The number of rotatable bonds is 13. The van der Waals surface area contributed by atoms with E-state index in [4.69, 9.17) is 47.0 Å². The van der Waals surface area contributed by atoms with Crippen LogP contribution in [-0.2, 0) is 28.4 Å². The van der Waals surface area contributed by atoms with Gasteiger partial charge in [-0.2, -0.15) is 0 Å². The highest BCUT2D eigenvalue weighted by Crippen LogP contribution is 2.41. The normalized spacial score (nSPS) is 39.7. The number of ether oxygens (including phenoxy) is 9. The second-order valence-corrected chi connectivity index (χ2v) is 16.1. The number of aliphatic hydroxyl groups is 13. The Morgan fingerprint density at radius 2 is 1.17 bits per heavy atom. The van der Waals surface area contributed by atoms with Gasteiger partial charge in [0.2, 0.25) is 23.8 Å². The van der Waals surface area contributed by atoms with Crippen LogP contribution in [0.3, 0.4) is 0 Å². The van der Waals surface area contributed by atoms with E-state index in [-0.39, 0.29) is 22.8 Å². The summed E-state index contributed by atoms with van der Waals surface area (Å²) in [4.78, 5) is 14.6. The maximum Gasteiger partial charge on any atom is 0.239 e. The fraction of sp³-hybridized carbons (Fsp3) is 0.625. The molecule has 4 fully saturated rings. The van der Waals surface area contributed by atoms with Gasteiger partial charge in [-0.1, -0.05) is 0 Å². The zero-order valence-electron chi connectivity index (χ0n) is 34.8. The van der Waals surface area contributed by atoms with Crippen LogP contribution in [0.2, 0.25) is 0 Å². The zero-order chi connectivity index (χ0) is 48.0. The Kier molecular flexibility index (Phi) is 15.3. The Morgan fingerprint density at radius 1 is 0.591 bits per heavy atom. The van der Waals surface area contributed by atoms with Gasteiger partial charge in [-0.3, -0.25) is 4.79 Å². The minimum absolute atomic E-state index is 0.0632. The summed E-state index contributed by atoms with van der Waals surface area (Å²) in [6.45, 7) is -1.09. The second-order valence-electron chi connectivity index (χ2n) is 16.1. The van der Waals surface area contributed by atoms with E-state index in [2.05, 4.69) is 0 Å². The summed E-state index contributed by atoms with van der Waals surface area (Å²) in [5.74, 6) is -3.03. The molecular formula is C40H52O26. The van der Waals surface area contributed by atoms with Crippen molar-refractivity contribution in [3.63, 3.8) is 0 Å². The number of aromatic hydroxyl groups is 2. The highest BCUT2D eigenvalue weighted by molar-refractivity contribution is 5.88. The smallest absolute Gasteiger partial charge is 0.239 e. The third-order valence-electron chi connectivity index (χ3n) is 11.7. The molecule has 15 N–H and O–H groups in total. The molecule has 0 unspecified atom stereocenters. The molecule has 4 saturated heterocycles. The van der Waals surface area contributed by atoms with Gasteiger partial charge in [-0.15, -0.1) is 0 Å². The monoisotopic (exact) mass is 948 g/mol. The molecule has 4 aliphatic heterocycles. The minimum Gasteiger partial charge on any atom is -0.507 e. The highest BCUT2D eigenvalue weighted by atomic mass is 16.8. The van der Waals surface area contributed by atoms with Crippen LogP contribution in [0.15, 0.2) is 39.5 Å². The van der Waals surface area contributed by atoms with Gasteiger partial charge < -0.3 is 124 Å². The molecule has 3 aromatic rings. The third-order valence-corrected chi connectivity index (χ3v) is 11.7. The van der Waals surface area contributed by atoms with Crippen molar-refractivity contribution in [2.24, 2.45) is 0 Å². The Hall–Kier alpha value is -4.11. The van der Waals surface area contributed by atoms with Crippen LogP contribution in [0.25, 0.3) is 22.3 Å². The molecule has 20 atom stereocenters. The first kappa shape index (κ1) is 49.8. The van der Waals surface area contributed by atoms with E-state index in [1.807, 2.05) is 0 Å². The van der Waals surface area contributed by atoms with E-state index < -0.39 is 176 Å². The van der Waals surface area contributed by atoms with Crippen LogP contribution in [0.5, 0.6) is 28.7 Å². The van der Waals surface area contributed by atoms with Crippen molar-refractivity contribution in [2.45, 2.75) is 130 Å². The molecule has 0 radical (unpaired) electrons. The van der Waals surface area contributed by atoms with Crippen molar-refractivity contribution in [1.29, 1.82) is 0 Å². The number of phenols is 2. The first-order valence-electron chi connectivity index (χ1n) is 20.4. The number of benzene rings is 2. The maximum atomic E-state index is 14.6. The van der Waals surface area contributed by atoms with Crippen molar-refractivity contribution in [3.8, 4) is 40.1 Å². The molecule has 0 aliphatic carbocycles. The van der Waals surface area contributed by atoms with Gasteiger partial charge in [-0.05, 0) is 25.1 Å². The van der Waals surface area contributed by atoms with Crippen LogP contribution in [0.1, 0.15) is 6.92 Å². The van der Waals surface area contributed by atoms with Crippen LogP contribution in [-0.4, -0.2) is 226 Å². The molecule has 0 saturated carbocycles. The molecule has 2 aromatic carbocycles. The molecular weight excluding hydrogens is 896 g/mol. The maximum absolute atomic E-state index is 14.6. The largest absolute Gasteiger partial charge is 0.507 e. The van der Waals surface area contributed by atoms with Gasteiger partial charge in [0.1, 0.15) is 108 Å². The molecule has 0 spiro atoms. The summed E-state index contributed by atoms with van der Waals surface area (Å²) in [6.07, 6.45) is -35.8. The van der Waals surface area contributed by atoms with Gasteiger partial charge in [-0.25, -0.2) is 0 Å². The third kappa shape index (κ3) is 9.50. The zero-order valence-corrected chi connectivity index (χ0v) is 34.8. The molecule has 368 valence electrons. The standard InChI is InChI=1S/C40H52O26/c1-11-22(45)27(50)32(55)38(59-11)66-36-30(53)25(48)20(10-58-37-31(54)28(51)23(46)18(8-41)62-37)64-40(36)65-35-26(49)21-15(44)6-13(60-39-33(56)29(52)24(47)19(9-42)63-39)7-17(21)61-34(35)12-3-4-14(43)16(5-12)57-2/h3-7,11,18-20,22-25,27-33,36-48,50-56H,8-10H2,1-2H3/t11-,18+,19+,20+,22-,23+,24+,25+,27+,28-,29-,30-,31+,32+,33+,36+,37+,38-,39+,40-/m0/s1. The van der Waals surface area contributed by atoms with E-state index >= 15 is 0 Å². The van der Waals surface area contributed by atoms with E-state index in [0.29, 0.717) is 0 Å². The fourth-order valence-corrected chi connectivity index (χ4v) is 7.82. The topological polar surface area (TPSA) is 417 Å². The summed E-state index contributed by atoms with van der Waals surface area (Å²) in [6, 6.07) is 5.53. The molecule has 5 heterocycles. The molecule has 0 amide bonds. The molecule has 7 rings (SSSR count). The van der Waals surface area contributed by atoms with Gasteiger partial charge in [0.15, 0.2) is 35.9 Å². The average Bonchev–Trinajstić information content (AvgIpc) is 3.29.